The molecule has 0 saturated carbocycles. The first-order valence-electron chi connectivity index (χ1n) is 4.63. The molecule has 0 aliphatic carbocycles. The Kier molecular flexibility index (Phi) is 2.93. The summed E-state index contributed by atoms with van der Waals surface area (Å²) >= 11 is 7.18. The van der Waals surface area contributed by atoms with Crippen LogP contribution in [0.3, 0.4) is 0 Å². The van der Waals surface area contributed by atoms with Crippen molar-refractivity contribution in [3.05, 3.63) is 45.7 Å². The number of halogens is 1. The topological polar surface area (TPSA) is 17.3 Å². The van der Waals surface area contributed by atoms with Crippen LogP contribution < -0.4 is 4.80 Å². The molecule has 0 bridgehead atoms. The Bertz CT molecular complexity index is 525. The highest BCUT2D eigenvalue weighted by atomic mass is 35.5. The largest absolute Gasteiger partial charge is 0.289 e. The molecule has 2 rings (SSSR count). The first kappa shape index (κ1) is 10.5. The number of thiazole rings is 1. The van der Waals surface area contributed by atoms with Crippen LogP contribution >= 0.6 is 23.1 Å². The van der Waals surface area contributed by atoms with E-state index >= 15 is 0 Å². The number of aryl methyl sites for hydroxylation is 1. The molecule has 0 radical (unpaired) electrons. The average Bonchev–Trinajstić information content (AvgIpc) is 2.56. The first-order valence-corrected chi connectivity index (χ1v) is 5.79. The van der Waals surface area contributed by atoms with Crippen LogP contribution in [0.15, 0.2) is 34.8 Å². The SMILES string of the molecule is Cc1sc(=NCl)n(-c2ccccc2)c1C. The van der Waals surface area contributed by atoms with E-state index in [9.17, 15) is 0 Å². The molecule has 4 heteroatoms. The van der Waals surface area contributed by atoms with Gasteiger partial charge in [0, 0.05) is 28.0 Å². The normalized spacial score (nSPS) is 12.1. The molecule has 0 amide bonds. The minimum absolute atomic E-state index is 0.817. The first-order chi connectivity index (χ1) is 7.24. The van der Waals surface area contributed by atoms with Crippen LogP contribution in [0, 0.1) is 13.8 Å². The summed E-state index contributed by atoms with van der Waals surface area (Å²) in [6.45, 7) is 4.15. The van der Waals surface area contributed by atoms with Crippen molar-refractivity contribution >= 4 is 23.1 Å². The summed E-state index contributed by atoms with van der Waals surface area (Å²) in [5.41, 5.74) is 2.28. The maximum atomic E-state index is 5.58. The lowest BCUT2D eigenvalue weighted by Gasteiger charge is -2.04. The number of rotatable bonds is 1. The summed E-state index contributed by atoms with van der Waals surface area (Å²) in [5.74, 6) is 0. The van der Waals surface area contributed by atoms with E-state index in [1.807, 2.05) is 30.3 Å². The minimum atomic E-state index is 0.817. The van der Waals surface area contributed by atoms with Crippen LogP contribution in [0.5, 0.6) is 0 Å². The molecule has 0 aliphatic rings. The third-order valence-electron chi connectivity index (χ3n) is 2.37. The van der Waals surface area contributed by atoms with E-state index in [-0.39, 0.29) is 0 Å². The van der Waals surface area contributed by atoms with E-state index in [2.05, 4.69) is 22.9 Å². The van der Waals surface area contributed by atoms with Gasteiger partial charge in [-0.3, -0.25) is 4.57 Å². The second kappa shape index (κ2) is 4.21. The molecule has 1 aromatic heterocycles. The monoisotopic (exact) mass is 238 g/mol. The van der Waals surface area contributed by atoms with Crippen molar-refractivity contribution in [1.82, 2.24) is 4.57 Å². The molecule has 0 unspecified atom stereocenters. The van der Waals surface area contributed by atoms with Crippen LogP contribution in [-0.2, 0) is 0 Å². The van der Waals surface area contributed by atoms with Crippen molar-refractivity contribution in [3.8, 4) is 5.69 Å². The minimum Gasteiger partial charge on any atom is -0.289 e. The molecule has 0 saturated heterocycles. The van der Waals surface area contributed by atoms with Gasteiger partial charge in [0.1, 0.15) is 0 Å². The second-order valence-corrected chi connectivity index (χ2v) is 4.63. The molecular weight excluding hydrogens is 228 g/mol. The second-order valence-electron chi connectivity index (χ2n) is 3.28. The molecule has 0 spiro atoms. The number of nitrogens with zero attached hydrogens (tertiary/aromatic N) is 2. The number of para-hydroxylation sites is 1. The van der Waals surface area contributed by atoms with Crippen LogP contribution in [0.2, 0.25) is 0 Å². The van der Waals surface area contributed by atoms with Gasteiger partial charge in [0.15, 0.2) is 0 Å². The molecular formula is C11H11ClN2S. The van der Waals surface area contributed by atoms with Gasteiger partial charge in [0.2, 0.25) is 4.80 Å². The highest BCUT2D eigenvalue weighted by Gasteiger charge is 2.07. The highest BCUT2D eigenvalue weighted by molar-refractivity contribution is 7.09. The Balaban J connectivity index is 2.73. The average molecular weight is 239 g/mol. The Labute approximate surface area is 97.6 Å². The number of hydrogen-bond donors (Lipinski definition) is 0. The molecule has 78 valence electrons. The summed E-state index contributed by atoms with van der Waals surface area (Å²) in [5, 5.41) is 0. The van der Waals surface area contributed by atoms with Crippen molar-refractivity contribution in [2.45, 2.75) is 13.8 Å². The Morgan fingerprint density at radius 1 is 1.20 bits per heavy atom. The van der Waals surface area contributed by atoms with E-state index in [1.54, 1.807) is 11.3 Å². The van der Waals surface area contributed by atoms with Gasteiger partial charge in [-0.15, -0.1) is 15.8 Å². The molecule has 0 atom stereocenters. The summed E-state index contributed by atoms with van der Waals surface area (Å²) in [6.07, 6.45) is 0. The quantitative estimate of drug-likeness (QED) is 0.726. The van der Waals surface area contributed by atoms with E-state index < -0.39 is 0 Å². The van der Waals surface area contributed by atoms with Crippen LogP contribution in [0.25, 0.3) is 5.69 Å². The molecule has 2 aromatic rings. The van der Waals surface area contributed by atoms with Gasteiger partial charge >= 0.3 is 0 Å². The van der Waals surface area contributed by atoms with Gasteiger partial charge in [0.25, 0.3) is 0 Å². The maximum Gasteiger partial charge on any atom is 0.207 e. The third kappa shape index (κ3) is 1.85. The van der Waals surface area contributed by atoms with Crippen molar-refractivity contribution < 1.29 is 0 Å². The Hall–Kier alpha value is -1.06. The molecule has 2 nitrogen and oxygen atoms in total. The Morgan fingerprint density at radius 3 is 2.47 bits per heavy atom. The van der Waals surface area contributed by atoms with Crippen LogP contribution in [0.1, 0.15) is 10.6 Å². The van der Waals surface area contributed by atoms with Crippen molar-refractivity contribution in [2.75, 3.05) is 0 Å². The van der Waals surface area contributed by atoms with Crippen LogP contribution in [-0.4, -0.2) is 4.57 Å². The van der Waals surface area contributed by atoms with Gasteiger partial charge in [-0.2, -0.15) is 0 Å². The van der Waals surface area contributed by atoms with Crippen molar-refractivity contribution in [3.63, 3.8) is 0 Å². The van der Waals surface area contributed by atoms with Gasteiger partial charge in [0.05, 0.1) is 0 Å². The predicted molar refractivity (Wildman–Crippen MR) is 64.5 cm³/mol. The Morgan fingerprint density at radius 2 is 1.87 bits per heavy atom. The summed E-state index contributed by atoms with van der Waals surface area (Å²) in [4.78, 5) is 2.05. The summed E-state index contributed by atoms with van der Waals surface area (Å²) in [6, 6.07) is 10.1. The lowest BCUT2D eigenvalue weighted by atomic mass is 10.3. The molecule has 1 aromatic carbocycles. The van der Waals surface area contributed by atoms with E-state index in [0.29, 0.717) is 0 Å². The predicted octanol–water partition coefficient (Wildman–Crippen LogP) is 3.21. The van der Waals surface area contributed by atoms with Gasteiger partial charge < -0.3 is 0 Å². The number of benzene rings is 1. The number of aromatic nitrogens is 1. The van der Waals surface area contributed by atoms with Gasteiger partial charge in [-0.25, -0.2) is 0 Å². The smallest absolute Gasteiger partial charge is 0.207 e. The lowest BCUT2D eigenvalue weighted by Crippen LogP contribution is -2.12. The molecule has 0 N–H and O–H groups in total. The number of hydrogen-bond acceptors (Lipinski definition) is 2. The van der Waals surface area contributed by atoms with E-state index in [0.717, 1.165) is 10.5 Å². The van der Waals surface area contributed by atoms with E-state index in [4.69, 9.17) is 11.8 Å². The summed E-state index contributed by atoms with van der Waals surface area (Å²) < 4.78 is 5.84. The highest BCUT2D eigenvalue weighted by Crippen LogP contribution is 2.15. The van der Waals surface area contributed by atoms with Crippen LogP contribution in [0.4, 0.5) is 0 Å². The fourth-order valence-corrected chi connectivity index (χ4v) is 2.55. The zero-order valence-corrected chi connectivity index (χ0v) is 10.1. The third-order valence-corrected chi connectivity index (χ3v) is 3.69. The van der Waals surface area contributed by atoms with Crippen molar-refractivity contribution in [1.29, 1.82) is 0 Å². The molecule has 1 heterocycles. The van der Waals surface area contributed by atoms with Crippen molar-refractivity contribution in [2.24, 2.45) is 4.51 Å². The fourth-order valence-electron chi connectivity index (χ4n) is 1.49. The van der Waals surface area contributed by atoms with Gasteiger partial charge in [-0.05, 0) is 26.0 Å². The molecule has 15 heavy (non-hydrogen) atoms. The zero-order chi connectivity index (χ0) is 10.8. The fraction of sp³-hybridized carbons (Fsp3) is 0.182. The summed E-state index contributed by atoms with van der Waals surface area (Å²) in [7, 11) is 0. The molecule has 0 aliphatic heterocycles. The lowest BCUT2D eigenvalue weighted by molar-refractivity contribution is 0.955. The van der Waals surface area contributed by atoms with Gasteiger partial charge in [-0.1, -0.05) is 18.2 Å². The molecule has 0 fully saturated rings. The zero-order valence-electron chi connectivity index (χ0n) is 8.57. The standard InChI is InChI=1S/C11H11ClN2S/c1-8-9(2)15-11(13-12)14(8)10-6-4-3-5-7-10/h3-7H,1-2H3. The maximum absolute atomic E-state index is 5.58. The van der Waals surface area contributed by atoms with E-state index in [1.165, 1.54) is 10.6 Å².